The molecule has 2 saturated heterocycles. The van der Waals surface area contributed by atoms with E-state index in [0.717, 1.165) is 25.9 Å². The summed E-state index contributed by atoms with van der Waals surface area (Å²) >= 11 is 5.89. The number of urea groups is 1. The van der Waals surface area contributed by atoms with Gasteiger partial charge in [0, 0.05) is 38.4 Å². The van der Waals surface area contributed by atoms with Crippen LogP contribution in [0.4, 0.5) is 26.6 Å². The third-order valence-electron chi connectivity index (χ3n) is 6.28. The van der Waals surface area contributed by atoms with Gasteiger partial charge in [0.15, 0.2) is 5.82 Å². The van der Waals surface area contributed by atoms with Crippen LogP contribution in [0.1, 0.15) is 12.8 Å². The maximum absolute atomic E-state index is 13.5. The van der Waals surface area contributed by atoms with Crippen molar-refractivity contribution >= 4 is 46.1 Å². The number of carbonyl (C=O) groups is 1. The van der Waals surface area contributed by atoms with Gasteiger partial charge in [-0.2, -0.15) is 0 Å². The first-order valence-electron chi connectivity index (χ1n) is 11.6. The van der Waals surface area contributed by atoms with E-state index in [2.05, 4.69) is 30.6 Å². The minimum atomic E-state index is -0.491. The van der Waals surface area contributed by atoms with Crippen molar-refractivity contribution in [3.63, 3.8) is 0 Å². The molecule has 35 heavy (non-hydrogen) atoms. The van der Waals surface area contributed by atoms with Crippen molar-refractivity contribution in [2.75, 3.05) is 56.6 Å². The minimum absolute atomic E-state index is 0.0167. The fourth-order valence-electron chi connectivity index (χ4n) is 4.26. The molecule has 3 aromatic rings. The van der Waals surface area contributed by atoms with Crippen LogP contribution in [0.5, 0.6) is 0 Å². The van der Waals surface area contributed by atoms with Gasteiger partial charge in [-0.1, -0.05) is 11.6 Å². The molecule has 184 valence electrons. The molecule has 2 N–H and O–H groups in total. The topological polar surface area (TPSA) is 108 Å². The number of rotatable bonds is 5. The Morgan fingerprint density at radius 2 is 1.89 bits per heavy atom. The van der Waals surface area contributed by atoms with E-state index in [0.29, 0.717) is 67.3 Å². The molecule has 1 aromatic carbocycles. The molecule has 2 fully saturated rings. The van der Waals surface area contributed by atoms with Gasteiger partial charge in [0.2, 0.25) is 5.95 Å². The first-order chi connectivity index (χ1) is 17.1. The van der Waals surface area contributed by atoms with Crippen LogP contribution in [0.2, 0.25) is 5.02 Å². The van der Waals surface area contributed by atoms with Crippen LogP contribution < -0.4 is 10.6 Å². The van der Waals surface area contributed by atoms with Gasteiger partial charge in [-0.25, -0.2) is 29.1 Å². The maximum Gasteiger partial charge on any atom is 0.320 e. The molecule has 5 rings (SSSR count). The van der Waals surface area contributed by atoms with Crippen LogP contribution in [-0.2, 0) is 4.74 Å². The lowest BCUT2D eigenvalue weighted by Gasteiger charge is -2.37. The molecule has 0 atom stereocenters. The van der Waals surface area contributed by atoms with Gasteiger partial charge >= 0.3 is 6.03 Å². The Morgan fingerprint density at radius 1 is 1.11 bits per heavy atom. The van der Waals surface area contributed by atoms with Gasteiger partial charge in [0.25, 0.3) is 0 Å². The Kier molecular flexibility index (Phi) is 7.05. The van der Waals surface area contributed by atoms with E-state index in [-0.39, 0.29) is 11.1 Å². The highest BCUT2D eigenvalue weighted by atomic mass is 35.5. The number of hydrogen-bond acceptors (Lipinski definition) is 8. The fourth-order valence-corrected chi connectivity index (χ4v) is 4.44. The van der Waals surface area contributed by atoms with Crippen molar-refractivity contribution in [2.24, 2.45) is 5.92 Å². The number of anilines is 3. The van der Waals surface area contributed by atoms with Crippen molar-refractivity contribution < 1.29 is 13.9 Å². The van der Waals surface area contributed by atoms with Crippen LogP contribution >= 0.6 is 11.6 Å². The summed E-state index contributed by atoms with van der Waals surface area (Å²) in [7, 11) is 0. The first kappa shape index (κ1) is 23.4. The van der Waals surface area contributed by atoms with Crippen LogP contribution in [0.3, 0.4) is 0 Å². The largest absolute Gasteiger partial charge is 0.378 e. The summed E-state index contributed by atoms with van der Waals surface area (Å²) in [4.78, 5) is 34.0. The summed E-state index contributed by atoms with van der Waals surface area (Å²) in [6.07, 6.45) is 4.88. The monoisotopic (exact) mass is 500 g/mol. The highest BCUT2D eigenvalue weighted by Gasteiger charge is 2.27. The zero-order valence-electron chi connectivity index (χ0n) is 19.1. The van der Waals surface area contributed by atoms with Gasteiger partial charge in [-0.15, -0.1) is 0 Å². The number of amides is 2. The summed E-state index contributed by atoms with van der Waals surface area (Å²) in [5.74, 6) is 0.862. The summed E-state index contributed by atoms with van der Waals surface area (Å²) in [6, 6.07) is 4.46. The normalized spacial score (nSPS) is 17.0. The molecule has 4 heterocycles. The molecular formula is C23H26ClFN8O2. The number of likely N-dealkylation sites (tertiary alicyclic amines) is 1. The average molecular weight is 501 g/mol. The number of ether oxygens (including phenoxy) is 1. The van der Waals surface area contributed by atoms with Gasteiger partial charge in [-0.3, -0.25) is 0 Å². The molecule has 2 aromatic heterocycles. The lowest BCUT2D eigenvalue weighted by atomic mass is 9.97. The van der Waals surface area contributed by atoms with Crippen LogP contribution in [-0.4, -0.2) is 81.7 Å². The van der Waals surface area contributed by atoms with Crippen LogP contribution in [0, 0.1) is 11.7 Å². The van der Waals surface area contributed by atoms with E-state index in [4.69, 9.17) is 16.3 Å². The lowest BCUT2D eigenvalue weighted by molar-refractivity contribution is 0.0403. The van der Waals surface area contributed by atoms with Crippen LogP contribution in [0.25, 0.3) is 11.0 Å². The number of nitrogens with one attached hydrogen (secondary N) is 2. The van der Waals surface area contributed by atoms with E-state index in [1.807, 2.05) is 9.80 Å². The molecule has 0 bridgehead atoms. The second kappa shape index (κ2) is 10.5. The Hall–Kier alpha value is -3.31. The van der Waals surface area contributed by atoms with Crippen LogP contribution in [0.15, 0.2) is 30.7 Å². The number of halogens is 2. The average Bonchev–Trinajstić information content (AvgIpc) is 2.90. The Balaban J connectivity index is 1.19. The number of benzene rings is 1. The second-order valence-corrected chi connectivity index (χ2v) is 9.00. The zero-order valence-corrected chi connectivity index (χ0v) is 19.8. The van der Waals surface area contributed by atoms with E-state index in [1.165, 1.54) is 18.5 Å². The molecule has 2 aliphatic rings. The summed E-state index contributed by atoms with van der Waals surface area (Å²) < 4.78 is 18.8. The number of fused-ring (bicyclic) bond motifs is 1. The third kappa shape index (κ3) is 5.51. The molecule has 0 radical (unpaired) electrons. The zero-order chi connectivity index (χ0) is 24.2. The SMILES string of the molecule is O=C(N1CCOCC1)N1CCC(CNc2ncc3ncnc(Nc4ccc(F)c(Cl)c4)c3n2)CC1. The molecule has 2 aliphatic heterocycles. The van der Waals surface area contributed by atoms with Gasteiger partial charge in [0.05, 0.1) is 24.4 Å². The molecule has 10 nitrogen and oxygen atoms in total. The number of morpholine rings is 1. The van der Waals surface area contributed by atoms with Gasteiger partial charge in [-0.05, 0) is 37.0 Å². The van der Waals surface area contributed by atoms with E-state index in [9.17, 15) is 9.18 Å². The van der Waals surface area contributed by atoms with Crippen molar-refractivity contribution in [1.29, 1.82) is 0 Å². The van der Waals surface area contributed by atoms with E-state index < -0.39 is 5.82 Å². The number of hydrogen-bond donors (Lipinski definition) is 2. The number of aromatic nitrogens is 4. The van der Waals surface area contributed by atoms with E-state index in [1.54, 1.807) is 12.3 Å². The van der Waals surface area contributed by atoms with Crippen molar-refractivity contribution in [3.05, 3.63) is 41.6 Å². The highest BCUT2D eigenvalue weighted by molar-refractivity contribution is 6.31. The fraction of sp³-hybridized carbons (Fsp3) is 0.435. The lowest BCUT2D eigenvalue weighted by Crippen LogP contribution is -2.50. The van der Waals surface area contributed by atoms with Crippen molar-refractivity contribution in [1.82, 2.24) is 29.7 Å². The Morgan fingerprint density at radius 3 is 2.66 bits per heavy atom. The predicted molar refractivity (Wildman–Crippen MR) is 130 cm³/mol. The quantitative estimate of drug-likeness (QED) is 0.547. The van der Waals surface area contributed by atoms with E-state index >= 15 is 0 Å². The molecule has 0 unspecified atom stereocenters. The summed E-state index contributed by atoms with van der Waals surface area (Å²) in [5, 5.41) is 6.45. The molecule has 2 amide bonds. The highest BCUT2D eigenvalue weighted by Crippen LogP contribution is 2.25. The molecular weight excluding hydrogens is 475 g/mol. The second-order valence-electron chi connectivity index (χ2n) is 8.60. The first-order valence-corrected chi connectivity index (χ1v) is 12.0. The predicted octanol–water partition coefficient (Wildman–Crippen LogP) is 3.53. The molecule has 0 aliphatic carbocycles. The summed E-state index contributed by atoms with van der Waals surface area (Å²) in [6.45, 7) is 4.72. The Bertz CT molecular complexity index is 1200. The summed E-state index contributed by atoms with van der Waals surface area (Å²) in [5.41, 5.74) is 1.70. The number of piperidine rings is 1. The number of carbonyl (C=O) groups excluding carboxylic acids is 1. The van der Waals surface area contributed by atoms with Crippen molar-refractivity contribution in [2.45, 2.75) is 12.8 Å². The standard InChI is InChI=1S/C23H26ClFN8O2/c24-17-11-16(1-2-18(17)25)30-21-20-19(28-14-29-21)13-27-22(31-20)26-12-15-3-5-32(6-4-15)23(34)33-7-9-35-10-8-33/h1-2,11,13-15H,3-10,12H2,(H,26,27,31)(H,28,29,30). The third-order valence-corrected chi connectivity index (χ3v) is 6.56. The van der Waals surface area contributed by atoms with Crippen molar-refractivity contribution in [3.8, 4) is 0 Å². The van der Waals surface area contributed by atoms with Gasteiger partial charge < -0.3 is 25.2 Å². The number of nitrogens with zero attached hydrogens (tertiary/aromatic N) is 6. The maximum atomic E-state index is 13.5. The minimum Gasteiger partial charge on any atom is -0.378 e. The Labute approximate surface area is 206 Å². The van der Waals surface area contributed by atoms with Gasteiger partial charge in [0.1, 0.15) is 23.2 Å². The molecule has 0 spiro atoms. The molecule has 12 heteroatoms. The smallest absolute Gasteiger partial charge is 0.320 e. The molecule has 0 saturated carbocycles.